The maximum absolute atomic E-state index is 11.6. The predicted octanol–water partition coefficient (Wildman–Crippen LogP) is 1.26. The molecular weight excluding hydrogens is 288 g/mol. The maximum atomic E-state index is 11.6. The van der Waals surface area contributed by atoms with Gasteiger partial charge in [0.1, 0.15) is 5.75 Å². The number of nitrogens with one attached hydrogen (secondary N) is 2. The number of carboxylic acids is 1. The van der Waals surface area contributed by atoms with Crippen LogP contribution >= 0.6 is 11.6 Å². The highest BCUT2D eigenvalue weighted by molar-refractivity contribution is 6.32. The molecule has 108 valence electrons. The van der Waals surface area contributed by atoms with E-state index in [1.165, 1.54) is 32.2 Å². The first-order valence-electron chi connectivity index (χ1n) is 5.57. The third-order valence-corrected chi connectivity index (χ3v) is 2.61. The van der Waals surface area contributed by atoms with Crippen molar-refractivity contribution >= 4 is 29.5 Å². The molecule has 8 heteroatoms. The highest BCUT2D eigenvalue weighted by Crippen LogP contribution is 2.26. The fourth-order valence-electron chi connectivity index (χ4n) is 1.25. The number of carbonyl (C=O) groups is 3. The fraction of sp³-hybridized carbons (Fsp3) is 0.250. The predicted molar refractivity (Wildman–Crippen MR) is 71.1 cm³/mol. The Balaban J connectivity index is 2.75. The van der Waals surface area contributed by atoms with Crippen molar-refractivity contribution in [1.29, 1.82) is 0 Å². The summed E-state index contributed by atoms with van der Waals surface area (Å²) in [6.07, 6.45) is -0.972. The summed E-state index contributed by atoms with van der Waals surface area (Å²) < 4.78 is 5.27. The van der Waals surface area contributed by atoms with Gasteiger partial charge in [0.15, 0.2) is 6.10 Å². The Morgan fingerprint density at radius 3 is 2.50 bits per heavy atom. The van der Waals surface area contributed by atoms with E-state index in [0.717, 1.165) is 0 Å². The van der Waals surface area contributed by atoms with E-state index < -0.39 is 24.0 Å². The molecule has 0 bridgehead atoms. The van der Waals surface area contributed by atoms with Crippen LogP contribution in [-0.4, -0.2) is 36.2 Å². The maximum Gasteiger partial charge on any atom is 0.335 e. The van der Waals surface area contributed by atoms with Gasteiger partial charge >= 0.3 is 12.0 Å². The summed E-state index contributed by atoms with van der Waals surface area (Å²) in [7, 11) is 1.37. The molecule has 1 atom stereocenters. The second-order valence-electron chi connectivity index (χ2n) is 3.78. The zero-order valence-electron chi connectivity index (χ0n) is 10.8. The van der Waals surface area contributed by atoms with Gasteiger partial charge < -0.3 is 15.2 Å². The normalized spacial score (nSPS) is 11.3. The van der Waals surface area contributed by atoms with Gasteiger partial charge in [-0.2, -0.15) is 0 Å². The molecule has 0 saturated heterocycles. The third-order valence-electron chi connectivity index (χ3n) is 2.32. The van der Waals surface area contributed by atoms with Crippen LogP contribution in [0.25, 0.3) is 0 Å². The van der Waals surface area contributed by atoms with Crippen molar-refractivity contribution in [2.45, 2.75) is 13.0 Å². The minimum atomic E-state index is -1.12. The lowest BCUT2D eigenvalue weighted by Crippen LogP contribution is -2.43. The lowest BCUT2D eigenvalue weighted by Gasteiger charge is -2.15. The van der Waals surface area contributed by atoms with Gasteiger partial charge in [0.25, 0.3) is 5.91 Å². The van der Waals surface area contributed by atoms with E-state index in [4.69, 9.17) is 21.4 Å². The minimum Gasteiger partial charge on any atom is -0.479 e. The summed E-state index contributed by atoms with van der Waals surface area (Å²) in [6, 6.07) is 3.20. The van der Waals surface area contributed by atoms with Crippen LogP contribution in [0.1, 0.15) is 17.3 Å². The highest BCUT2D eigenvalue weighted by Gasteiger charge is 2.18. The molecule has 0 fully saturated rings. The average Bonchev–Trinajstić information content (AvgIpc) is 2.40. The summed E-state index contributed by atoms with van der Waals surface area (Å²) in [5.74, 6) is -1.62. The molecule has 1 aromatic rings. The number of hydrogen-bond donors (Lipinski definition) is 3. The van der Waals surface area contributed by atoms with Crippen molar-refractivity contribution in [3.63, 3.8) is 0 Å². The smallest absolute Gasteiger partial charge is 0.335 e. The molecule has 1 aromatic carbocycles. The van der Waals surface area contributed by atoms with Crippen molar-refractivity contribution in [3.8, 4) is 5.75 Å². The van der Waals surface area contributed by atoms with E-state index in [1.807, 2.05) is 5.32 Å². The number of benzene rings is 1. The molecule has 0 aliphatic heterocycles. The van der Waals surface area contributed by atoms with Gasteiger partial charge in [0.05, 0.1) is 10.6 Å². The summed E-state index contributed by atoms with van der Waals surface area (Å²) in [5, 5.41) is 13.1. The number of carboxylic acid groups (broad SMARTS) is 1. The number of carbonyl (C=O) groups excluding carboxylic acids is 2. The van der Waals surface area contributed by atoms with Crippen LogP contribution in [0.5, 0.6) is 5.75 Å². The molecule has 7 nitrogen and oxygen atoms in total. The summed E-state index contributed by atoms with van der Waals surface area (Å²) in [6.45, 7) is 1.43. The third kappa shape index (κ3) is 4.13. The topological polar surface area (TPSA) is 105 Å². The number of imide groups is 1. The van der Waals surface area contributed by atoms with Crippen LogP contribution in [0.15, 0.2) is 18.2 Å². The molecule has 0 aromatic heterocycles. The molecule has 0 aliphatic carbocycles. The molecule has 1 rings (SSSR count). The first-order valence-corrected chi connectivity index (χ1v) is 5.95. The van der Waals surface area contributed by atoms with Gasteiger partial charge in [-0.05, 0) is 25.1 Å². The molecule has 0 spiro atoms. The zero-order valence-corrected chi connectivity index (χ0v) is 11.5. The van der Waals surface area contributed by atoms with Crippen molar-refractivity contribution in [1.82, 2.24) is 10.6 Å². The van der Waals surface area contributed by atoms with Gasteiger partial charge in [0.2, 0.25) is 0 Å². The average molecular weight is 301 g/mol. The molecular formula is C12H13ClN2O5. The number of rotatable bonds is 4. The number of urea groups is 1. The van der Waals surface area contributed by atoms with E-state index in [-0.39, 0.29) is 16.3 Å². The summed E-state index contributed by atoms with van der Waals surface area (Å²) in [4.78, 5) is 33.3. The Bertz CT molecular complexity index is 547. The Morgan fingerprint density at radius 2 is 2.00 bits per heavy atom. The Hall–Kier alpha value is -2.28. The Kier molecular flexibility index (Phi) is 5.33. The summed E-state index contributed by atoms with van der Waals surface area (Å²) in [5.41, 5.74) is 0.00446. The first kappa shape index (κ1) is 15.8. The zero-order chi connectivity index (χ0) is 15.3. The minimum absolute atomic E-state index is 0.00446. The summed E-state index contributed by atoms with van der Waals surface area (Å²) >= 11 is 5.86. The van der Waals surface area contributed by atoms with E-state index >= 15 is 0 Å². The number of aromatic carboxylic acids is 1. The standard InChI is InChI=1S/C12H13ClN2O5/c1-6(10(16)15-12(19)14-2)20-9-4-3-7(11(17)18)5-8(9)13/h3-6H,1-2H3,(H,17,18)(H2,14,15,16,19). The van der Waals surface area contributed by atoms with Crippen LogP contribution in [-0.2, 0) is 4.79 Å². The van der Waals surface area contributed by atoms with Crippen LogP contribution in [0.3, 0.4) is 0 Å². The quantitative estimate of drug-likeness (QED) is 0.776. The van der Waals surface area contributed by atoms with Gasteiger partial charge in [-0.25, -0.2) is 9.59 Å². The van der Waals surface area contributed by atoms with E-state index in [1.54, 1.807) is 0 Å². The molecule has 0 aliphatic rings. The van der Waals surface area contributed by atoms with Crippen molar-refractivity contribution in [2.24, 2.45) is 0 Å². The molecule has 1 unspecified atom stereocenters. The molecule has 0 saturated carbocycles. The van der Waals surface area contributed by atoms with Crippen molar-refractivity contribution in [3.05, 3.63) is 28.8 Å². The van der Waals surface area contributed by atoms with Gasteiger partial charge in [-0.1, -0.05) is 11.6 Å². The SMILES string of the molecule is CNC(=O)NC(=O)C(C)Oc1ccc(C(=O)O)cc1Cl. The first-order chi connectivity index (χ1) is 9.35. The van der Waals surface area contributed by atoms with Crippen molar-refractivity contribution < 1.29 is 24.2 Å². The Morgan fingerprint density at radius 1 is 1.35 bits per heavy atom. The molecule has 0 radical (unpaired) electrons. The number of hydrogen-bond acceptors (Lipinski definition) is 4. The fourth-order valence-corrected chi connectivity index (χ4v) is 1.47. The van der Waals surface area contributed by atoms with Crippen LogP contribution in [0.2, 0.25) is 5.02 Å². The second kappa shape index (κ2) is 6.76. The molecule has 20 heavy (non-hydrogen) atoms. The van der Waals surface area contributed by atoms with Crippen LogP contribution in [0, 0.1) is 0 Å². The second-order valence-corrected chi connectivity index (χ2v) is 4.19. The monoisotopic (exact) mass is 300 g/mol. The Labute approximate surface area is 119 Å². The van der Waals surface area contributed by atoms with Gasteiger partial charge in [-0.15, -0.1) is 0 Å². The van der Waals surface area contributed by atoms with Gasteiger partial charge in [0, 0.05) is 7.05 Å². The lowest BCUT2D eigenvalue weighted by atomic mass is 10.2. The van der Waals surface area contributed by atoms with Crippen LogP contribution < -0.4 is 15.4 Å². The largest absolute Gasteiger partial charge is 0.479 e. The van der Waals surface area contributed by atoms with E-state index in [0.29, 0.717) is 0 Å². The lowest BCUT2D eigenvalue weighted by molar-refractivity contribution is -0.126. The van der Waals surface area contributed by atoms with Crippen molar-refractivity contribution in [2.75, 3.05) is 7.05 Å². The van der Waals surface area contributed by atoms with Gasteiger partial charge in [-0.3, -0.25) is 10.1 Å². The molecule has 3 amide bonds. The molecule has 0 heterocycles. The number of amides is 3. The molecule has 3 N–H and O–H groups in total. The van der Waals surface area contributed by atoms with E-state index in [9.17, 15) is 14.4 Å². The number of halogens is 1. The number of ether oxygens (including phenoxy) is 1. The highest BCUT2D eigenvalue weighted by atomic mass is 35.5. The van der Waals surface area contributed by atoms with Crippen LogP contribution in [0.4, 0.5) is 4.79 Å². The van der Waals surface area contributed by atoms with E-state index in [2.05, 4.69) is 5.32 Å².